The van der Waals surface area contributed by atoms with Gasteiger partial charge in [0.25, 0.3) is 0 Å². The molecule has 0 aromatic carbocycles. The predicted octanol–water partition coefficient (Wildman–Crippen LogP) is 5.38. The summed E-state index contributed by atoms with van der Waals surface area (Å²) in [5.74, 6) is -4.06. The molecule has 0 nitrogen and oxygen atoms in total. The molecule has 1 rings (SSSR count). The van der Waals surface area contributed by atoms with E-state index in [4.69, 9.17) is 0 Å². The molecule has 0 aliphatic carbocycles. The summed E-state index contributed by atoms with van der Waals surface area (Å²) < 4.78 is 50.7. The van der Waals surface area contributed by atoms with Crippen LogP contribution in [0.2, 0.25) is 0 Å². The molecule has 6 heteroatoms. The Kier molecular flexibility index (Phi) is 4.29. The summed E-state index contributed by atoms with van der Waals surface area (Å²) in [6.07, 6.45) is -3.67. The Bertz CT molecular complexity index is 381. The molecule has 0 saturated heterocycles. The fourth-order valence-corrected chi connectivity index (χ4v) is 2.92. The van der Waals surface area contributed by atoms with Crippen molar-refractivity contribution in [2.75, 3.05) is 0 Å². The first-order chi connectivity index (χ1) is 7.56. The van der Waals surface area contributed by atoms with Crippen molar-refractivity contribution in [2.24, 2.45) is 0 Å². The maximum absolute atomic E-state index is 13.1. The monoisotopic (exact) mass is 332 g/mol. The lowest BCUT2D eigenvalue weighted by molar-refractivity contribution is -0.127. The van der Waals surface area contributed by atoms with Gasteiger partial charge in [0.2, 0.25) is 0 Å². The van der Waals surface area contributed by atoms with Crippen LogP contribution in [0.3, 0.4) is 0 Å². The van der Waals surface area contributed by atoms with Crippen molar-refractivity contribution in [1.29, 1.82) is 0 Å². The van der Waals surface area contributed by atoms with Gasteiger partial charge < -0.3 is 0 Å². The molecule has 0 amide bonds. The van der Waals surface area contributed by atoms with Crippen LogP contribution in [0.5, 0.6) is 0 Å². The number of halogens is 5. The third-order valence-corrected chi connectivity index (χ3v) is 5.23. The first-order valence-corrected chi connectivity index (χ1v) is 6.70. The number of rotatable bonds is 3. The molecule has 0 spiro atoms. The largest absolute Gasteiger partial charge is 0.324 e. The van der Waals surface area contributed by atoms with Crippen molar-refractivity contribution in [3.8, 4) is 0 Å². The zero-order valence-electron chi connectivity index (χ0n) is 9.61. The molecule has 1 atom stereocenters. The van der Waals surface area contributed by atoms with Crippen molar-refractivity contribution in [3.63, 3.8) is 0 Å². The first-order valence-electron chi connectivity index (χ1n) is 4.97. The molecule has 0 saturated carbocycles. The van der Waals surface area contributed by atoms with E-state index in [-0.39, 0.29) is 10.3 Å². The Morgan fingerprint density at radius 3 is 2.06 bits per heavy atom. The number of hydrogen-bond donors (Lipinski definition) is 0. The fraction of sp³-hybridized carbons (Fsp3) is 0.636. The third kappa shape index (κ3) is 3.22. The standard InChI is InChI=1S/C11H13BrF4S/c1-10(2,3)7-5-4-6(17-7)8(12)11(15,16)9(13)14/h4-5,8-9H,1-3H3. The summed E-state index contributed by atoms with van der Waals surface area (Å²) in [6, 6.07) is 3.18. The topological polar surface area (TPSA) is 0 Å². The maximum Gasteiger partial charge on any atom is 0.324 e. The number of hydrogen-bond acceptors (Lipinski definition) is 1. The van der Waals surface area contributed by atoms with Gasteiger partial charge in [0.15, 0.2) is 0 Å². The van der Waals surface area contributed by atoms with E-state index in [9.17, 15) is 17.6 Å². The van der Waals surface area contributed by atoms with E-state index in [2.05, 4.69) is 15.9 Å². The van der Waals surface area contributed by atoms with Crippen LogP contribution in [0.25, 0.3) is 0 Å². The van der Waals surface area contributed by atoms with Gasteiger partial charge in [-0.05, 0) is 17.5 Å². The lowest BCUT2D eigenvalue weighted by Crippen LogP contribution is -2.30. The second-order valence-corrected chi connectivity index (χ2v) is 6.82. The average Bonchev–Trinajstić information content (AvgIpc) is 2.63. The van der Waals surface area contributed by atoms with Crippen molar-refractivity contribution in [2.45, 2.75) is 43.4 Å². The molecule has 0 aliphatic heterocycles. The minimum Gasteiger partial charge on any atom is -0.204 e. The van der Waals surface area contributed by atoms with Gasteiger partial charge in [0.1, 0.15) is 4.83 Å². The van der Waals surface area contributed by atoms with Gasteiger partial charge in [0, 0.05) is 9.75 Å². The maximum atomic E-state index is 13.1. The van der Waals surface area contributed by atoms with Crippen LogP contribution in [0.1, 0.15) is 35.4 Å². The summed E-state index contributed by atoms with van der Waals surface area (Å²) >= 11 is 3.80. The van der Waals surface area contributed by atoms with E-state index in [1.807, 2.05) is 20.8 Å². The molecular formula is C11H13BrF4S. The zero-order valence-corrected chi connectivity index (χ0v) is 12.0. The van der Waals surface area contributed by atoms with E-state index < -0.39 is 17.2 Å². The quantitative estimate of drug-likeness (QED) is 0.514. The highest BCUT2D eigenvalue weighted by molar-refractivity contribution is 9.09. The minimum atomic E-state index is -4.06. The Labute approximate surface area is 110 Å². The molecule has 0 bridgehead atoms. The van der Waals surface area contributed by atoms with Crippen LogP contribution < -0.4 is 0 Å². The van der Waals surface area contributed by atoms with Gasteiger partial charge >= 0.3 is 12.3 Å². The van der Waals surface area contributed by atoms with Crippen LogP contribution >= 0.6 is 27.3 Å². The summed E-state index contributed by atoms with van der Waals surface area (Å²) in [5.41, 5.74) is -0.171. The van der Waals surface area contributed by atoms with E-state index in [1.54, 1.807) is 6.07 Å². The molecule has 98 valence electrons. The molecule has 1 aromatic heterocycles. The highest BCUT2D eigenvalue weighted by atomic mass is 79.9. The van der Waals surface area contributed by atoms with Gasteiger partial charge in [-0.2, -0.15) is 8.78 Å². The molecule has 0 fully saturated rings. The number of thiophene rings is 1. The molecule has 1 aromatic rings. The molecule has 1 heterocycles. The van der Waals surface area contributed by atoms with Crippen molar-refractivity contribution >= 4 is 27.3 Å². The van der Waals surface area contributed by atoms with Crippen LogP contribution in [-0.4, -0.2) is 12.3 Å². The predicted molar refractivity (Wildman–Crippen MR) is 65.6 cm³/mol. The van der Waals surface area contributed by atoms with Crippen molar-refractivity contribution in [3.05, 3.63) is 21.9 Å². The molecule has 0 radical (unpaired) electrons. The highest BCUT2D eigenvalue weighted by Gasteiger charge is 2.48. The molecular weight excluding hydrogens is 320 g/mol. The Morgan fingerprint density at radius 2 is 1.71 bits per heavy atom. The summed E-state index contributed by atoms with van der Waals surface area (Å²) in [6.45, 7) is 5.82. The smallest absolute Gasteiger partial charge is 0.204 e. The highest BCUT2D eigenvalue weighted by Crippen LogP contribution is 2.46. The Hall–Kier alpha value is -0.100. The van der Waals surface area contributed by atoms with Crippen molar-refractivity contribution in [1.82, 2.24) is 0 Å². The van der Waals surface area contributed by atoms with Crippen LogP contribution in [0, 0.1) is 0 Å². The fourth-order valence-electron chi connectivity index (χ4n) is 1.19. The van der Waals surface area contributed by atoms with E-state index in [0.29, 0.717) is 0 Å². The summed E-state index contributed by atoms with van der Waals surface area (Å²) in [7, 11) is 0. The second-order valence-electron chi connectivity index (χ2n) is 4.79. The van der Waals surface area contributed by atoms with Crippen LogP contribution in [-0.2, 0) is 5.41 Å². The minimum absolute atomic E-state index is 0.171. The molecule has 1 unspecified atom stereocenters. The molecule has 0 aliphatic rings. The van der Waals surface area contributed by atoms with E-state index in [0.717, 1.165) is 16.2 Å². The summed E-state index contributed by atoms with van der Waals surface area (Å²) in [5, 5.41) is 0. The van der Waals surface area contributed by atoms with Crippen LogP contribution in [0.15, 0.2) is 12.1 Å². The lowest BCUT2D eigenvalue weighted by atomic mass is 9.95. The molecule has 17 heavy (non-hydrogen) atoms. The Morgan fingerprint density at radius 1 is 1.18 bits per heavy atom. The second kappa shape index (κ2) is 4.88. The van der Waals surface area contributed by atoms with Gasteiger partial charge in [-0.15, -0.1) is 11.3 Å². The summed E-state index contributed by atoms with van der Waals surface area (Å²) in [4.78, 5) is -0.529. The SMILES string of the molecule is CC(C)(C)c1ccc(C(Br)C(F)(F)C(F)F)s1. The zero-order chi connectivity index (χ0) is 13.4. The van der Waals surface area contributed by atoms with E-state index in [1.165, 1.54) is 6.07 Å². The first kappa shape index (κ1) is 15.0. The third-order valence-electron chi connectivity index (χ3n) is 2.24. The Balaban J connectivity index is 2.99. The van der Waals surface area contributed by atoms with Gasteiger partial charge in [-0.3, -0.25) is 0 Å². The van der Waals surface area contributed by atoms with Crippen LogP contribution in [0.4, 0.5) is 17.6 Å². The normalized spacial score (nSPS) is 15.4. The van der Waals surface area contributed by atoms with Gasteiger partial charge in [-0.1, -0.05) is 36.7 Å². The van der Waals surface area contributed by atoms with E-state index >= 15 is 0 Å². The van der Waals surface area contributed by atoms with Crippen molar-refractivity contribution < 1.29 is 17.6 Å². The average molecular weight is 333 g/mol. The van der Waals surface area contributed by atoms with Gasteiger partial charge in [-0.25, -0.2) is 8.78 Å². The number of alkyl halides is 5. The lowest BCUT2D eigenvalue weighted by Gasteiger charge is -2.20. The molecule has 0 N–H and O–H groups in total. The van der Waals surface area contributed by atoms with Gasteiger partial charge in [0.05, 0.1) is 0 Å².